The van der Waals surface area contributed by atoms with Crippen molar-refractivity contribution in [2.45, 2.75) is 64.4 Å². The lowest BCUT2D eigenvalue weighted by molar-refractivity contribution is -0.128. The number of carbonyl (C=O) groups is 2. The van der Waals surface area contributed by atoms with Crippen molar-refractivity contribution in [2.75, 3.05) is 0 Å². The number of ether oxygens (including phenoxy) is 1. The van der Waals surface area contributed by atoms with Crippen LogP contribution >= 0.6 is 0 Å². The molecule has 0 unspecified atom stereocenters. The lowest BCUT2D eigenvalue weighted by Crippen LogP contribution is -2.57. The van der Waals surface area contributed by atoms with Crippen LogP contribution in [0.3, 0.4) is 0 Å². The molecule has 1 saturated heterocycles. The maximum Gasteiger partial charge on any atom is 0.419 e. The largest absolute Gasteiger partial charge is 0.444 e. The second-order valence-corrected chi connectivity index (χ2v) is 12.5. The maximum atomic E-state index is 15.2. The zero-order valence-electron chi connectivity index (χ0n) is 23.3. The Hall–Kier alpha value is -3.66. The fraction of sp³-hybridized carbons (Fsp3) is 0.500. The molecule has 3 aromatic rings. The van der Waals surface area contributed by atoms with Crippen LogP contribution in [0.25, 0.3) is 22.2 Å². The van der Waals surface area contributed by atoms with Gasteiger partial charge in [0.1, 0.15) is 17.5 Å². The third-order valence-corrected chi connectivity index (χ3v) is 8.85. The van der Waals surface area contributed by atoms with E-state index in [1.807, 2.05) is 20.8 Å². The summed E-state index contributed by atoms with van der Waals surface area (Å²) >= 11 is 0. The van der Waals surface area contributed by atoms with Gasteiger partial charge in [-0.2, -0.15) is 0 Å². The van der Waals surface area contributed by atoms with E-state index < -0.39 is 35.5 Å². The number of amides is 2. The highest BCUT2D eigenvalue weighted by Crippen LogP contribution is 2.67. The molecule has 3 N–H and O–H groups in total. The number of likely N-dealkylation sites (tertiary alicyclic amines) is 1. The van der Waals surface area contributed by atoms with Gasteiger partial charge in [0.05, 0.1) is 11.7 Å². The number of nitrogens with zero attached hydrogens (tertiary/aromatic N) is 2. The molecular weight excluding hydrogens is 515 g/mol. The van der Waals surface area contributed by atoms with Crippen LogP contribution in [0, 0.1) is 29.5 Å². The molecule has 1 aliphatic heterocycles. The van der Waals surface area contributed by atoms with E-state index in [0.29, 0.717) is 40.0 Å². The topological polar surface area (TPSA) is 120 Å². The molecule has 2 heterocycles. The Morgan fingerprint density at radius 3 is 2.58 bits per heavy atom. The number of oxazole rings is 1. The van der Waals surface area contributed by atoms with Crippen LogP contribution in [0.4, 0.5) is 9.18 Å². The number of benzene rings is 2. The fourth-order valence-electron chi connectivity index (χ4n) is 7.09. The summed E-state index contributed by atoms with van der Waals surface area (Å²) in [6.45, 7) is 7.61. The van der Waals surface area contributed by atoms with Crippen LogP contribution < -0.4 is 16.8 Å². The van der Waals surface area contributed by atoms with E-state index in [9.17, 15) is 14.4 Å². The highest BCUT2D eigenvalue weighted by molar-refractivity contribution is 5.88. The van der Waals surface area contributed by atoms with E-state index in [1.165, 1.54) is 10.6 Å². The van der Waals surface area contributed by atoms with Crippen LogP contribution in [-0.2, 0) is 23.0 Å². The number of fused-ring (bicyclic) bond motifs is 6. The van der Waals surface area contributed by atoms with Gasteiger partial charge in [-0.15, -0.1) is 0 Å². The molecule has 40 heavy (non-hydrogen) atoms. The van der Waals surface area contributed by atoms with E-state index >= 15 is 4.39 Å². The zero-order chi connectivity index (χ0) is 28.7. The fourth-order valence-corrected chi connectivity index (χ4v) is 7.09. The number of nitrogens with two attached hydrogens (primary N) is 1. The highest BCUT2D eigenvalue weighted by atomic mass is 19.1. The second kappa shape index (κ2) is 9.19. The summed E-state index contributed by atoms with van der Waals surface area (Å²) in [4.78, 5) is 40.0. The molecule has 0 spiro atoms. The van der Waals surface area contributed by atoms with E-state index in [2.05, 4.69) is 12.2 Å². The van der Waals surface area contributed by atoms with Crippen molar-refractivity contribution in [3.63, 3.8) is 0 Å². The van der Waals surface area contributed by atoms with Gasteiger partial charge in [-0.25, -0.2) is 14.0 Å². The number of rotatable bonds is 5. The van der Waals surface area contributed by atoms with Crippen molar-refractivity contribution >= 4 is 23.1 Å². The summed E-state index contributed by atoms with van der Waals surface area (Å²) in [5.74, 6) is 0.176. The Morgan fingerprint density at radius 1 is 1.18 bits per heavy atom. The minimum absolute atomic E-state index is 0.000464. The van der Waals surface area contributed by atoms with Gasteiger partial charge in [0.25, 0.3) is 0 Å². The number of nitrogens with one attached hydrogen (secondary N) is 1. The number of carbonyl (C=O) groups excluding carboxylic acids is 2. The number of hydrogen-bond donors (Lipinski definition) is 2. The molecule has 3 fully saturated rings. The molecule has 3 aliphatic rings. The molecule has 212 valence electrons. The maximum absolute atomic E-state index is 15.2. The number of piperidine rings is 1. The molecule has 1 aromatic heterocycles. The SMILES string of the molecule is C[C@H]1[C@H]2[C@H]3C[C@@H]([C@@H]12)N(C(=O)OC(C)(C)C)[C@@H]3C(=O)N[C@H](N)Cc1ccc(-c2ccc3oc(=O)n(C)c3c2)cc1F. The quantitative estimate of drug-likeness (QED) is 0.467. The van der Waals surface area contributed by atoms with Gasteiger partial charge in [-0.05, 0) is 85.8 Å². The molecule has 2 bridgehead atoms. The molecule has 2 saturated carbocycles. The number of halogens is 1. The lowest BCUT2D eigenvalue weighted by Gasteiger charge is -2.35. The van der Waals surface area contributed by atoms with Crippen molar-refractivity contribution in [1.82, 2.24) is 14.8 Å². The van der Waals surface area contributed by atoms with Crippen molar-refractivity contribution in [1.29, 1.82) is 0 Å². The Balaban J connectivity index is 1.16. The van der Waals surface area contributed by atoms with Gasteiger partial charge in [-0.1, -0.05) is 25.1 Å². The summed E-state index contributed by atoms with van der Waals surface area (Å²) in [7, 11) is 1.62. The minimum Gasteiger partial charge on any atom is -0.444 e. The summed E-state index contributed by atoms with van der Waals surface area (Å²) in [5, 5.41) is 2.84. The Bertz CT molecular complexity index is 1570. The summed E-state index contributed by atoms with van der Waals surface area (Å²) < 4.78 is 27.4. The van der Waals surface area contributed by atoms with Crippen LogP contribution in [-0.4, -0.2) is 45.3 Å². The Morgan fingerprint density at radius 2 is 1.88 bits per heavy atom. The summed E-state index contributed by atoms with van der Waals surface area (Å²) in [6, 6.07) is 9.43. The molecule has 6 rings (SSSR count). The average Bonchev–Trinajstić information content (AvgIpc) is 3.15. The Kier molecular flexibility index (Phi) is 6.10. The van der Waals surface area contributed by atoms with Gasteiger partial charge in [0.15, 0.2) is 5.58 Å². The van der Waals surface area contributed by atoms with Crippen molar-refractivity contribution in [2.24, 2.45) is 36.5 Å². The minimum atomic E-state index is -0.836. The van der Waals surface area contributed by atoms with Gasteiger partial charge < -0.3 is 20.2 Å². The predicted molar refractivity (Wildman–Crippen MR) is 147 cm³/mol. The van der Waals surface area contributed by atoms with Crippen LogP contribution in [0.2, 0.25) is 0 Å². The first-order chi connectivity index (χ1) is 18.8. The van der Waals surface area contributed by atoms with E-state index in [-0.39, 0.29) is 24.3 Å². The van der Waals surface area contributed by atoms with Crippen molar-refractivity contribution < 1.29 is 23.1 Å². The molecular formula is C30H35FN4O5. The number of aryl methyl sites for hydroxylation is 1. The molecule has 9 nitrogen and oxygen atoms in total. The van der Waals surface area contributed by atoms with Crippen molar-refractivity contribution in [3.05, 3.63) is 58.3 Å². The second-order valence-electron chi connectivity index (χ2n) is 12.5. The van der Waals surface area contributed by atoms with Crippen LogP contribution in [0.15, 0.2) is 45.6 Å². The normalized spacial score (nSPS) is 27.5. The molecule has 0 radical (unpaired) electrons. The zero-order valence-corrected chi connectivity index (χ0v) is 23.3. The number of aromatic nitrogens is 1. The number of hydrogen-bond acceptors (Lipinski definition) is 6. The lowest BCUT2D eigenvalue weighted by atomic mass is 9.94. The molecule has 2 aliphatic carbocycles. The van der Waals surface area contributed by atoms with Gasteiger partial charge in [0.2, 0.25) is 5.91 Å². The van der Waals surface area contributed by atoms with Gasteiger partial charge in [-0.3, -0.25) is 14.3 Å². The third-order valence-electron chi connectivity index (χ3n) is 8.85. The monoisotopic (exact) mass is 550 g/mol. The van der Waals surface area contributed by atoms with Crippen molar-refractivity contribution in [3.8, 4) is 11.1 Å². The third kappa shape index (κ3) is 4.38. The standard InChI is InChI=1S/C30H35FN4O5/c1-14-24-18-13-21(25(14)24)35(29(38)40-30(2,3)4)26(18)27(36)33-23(32)12-17-7-6-15(10-19(17)31)16-8-9-22-20(11-16)34(5)28(37)39-22/h6-11,14,18,21,23-26H,12-13,32H2,1-5H3,(H,33,36)/t14-,18+,21-,23-,24-,25+,26-/m0/s1. The van der Waals surface area contributed by atoms with Crippen LogP contribution in [0.1, 0.15) is 39.7 Å². The Labute approximate surface area is 231 Å². The first-order valence-electron chi connectivity index (χ1n) is 13.8. The smallest absolute Gasteiger partial charge is 0.419 e. The molecule has 2 amide bonds. The predicted octanol–water partition coefficient (Wildman–Crippen LogP) is 3.77. The van der Waals surface area contributed by atoms with E-state index in [4.69, 9.17) is 14.9 Å². The molecule has 7 atom stereocenters. The average molecular weight is 551 g/mol. The first kappa shape index (κ1) is 26.6. The molecule has 10 heteroatoms. The van der Waals surface area contributed by atoms with E-state index in [1.54, 1.807) is 42.3 Å². The highest BCUT2D eigenvalue weighted by Gasteiger charge is 2.71. The summed E-state index contributed by atoms with van der Waals surface area (Å²) in [6.07, 6.45) is -0.428. The van der Waals surface area contributed by atoms with E-state index in [0.717, 1.165) is 12.0 Å². The van der Waals surface area contributed by atoms with Gasteiger partial charge in [0, 0.05) is 19.5 Å². The van der Waals surface area contributed by atoms with Crippen LogP contribution in [0.5, 0.6) is 0 Å². The molecule has 2 aromatic carbocycles. The summed E-state index contributed by atoms with van der Waals surface area (Å²) in [5.41, 5.74) is 8.43. The first-order valence-corrected chi connectivity index (χ1v) is 13.8. The van der Waals surface area contributed by atoms with Gasteiger partial charge >= 0.3 is 11.8 Å².